The maximum absolute atomic E-state index is 15.4. The first kappa shape index (κ1) is 30.1. The van der Waals surface area contributed by atoms with Gasteiger partial charge in [0.2, 0.25) is 11.8 Å². The van der Waals surface area contributed by atoms with Crippen LogP contribution in [0.15, 0.2) is 59.4 Å². The molecule has 2 amide bonds. The first-order valence-electron chi connectivity index (χ1n) is 15.2. The third-order valence-corrected chi connectivity index (χ3v) is 9.44. The molecule has 0 spiro atoms. The molecule has 1 saturated carbocycles. The average Bonchev–Trinajstić information content (AvgIpc) is 3.77. The van der Waals surface area contributed by atoms with E-state index in [4.69, 9.17) is 16.3 Å². The molecule has 11 heteroatoms. The number of aromatic nitrogens is 2. The van der Waals surface area contributed by atoms with Gasteiger partial charge in [0.15, 0.2) is 0 Å². The lowest BCUT2D eigenvalue weighted by atomic mass is 9.87. The van der Waals surface area contributed by atoms with Crippen LogP contribution < -0.4 is 15.2 Å². The van der Waals surface area contributed by atoms with Crippen molar-refractivity contribution in [1.82, 2.24) is 19.6 Å². The van der Waals surface area contributed by atoms with E-state index >= 15 is 4.39 Å². The summed E-state index contributed by atoms with van der Waals surface area (Å²) < 4.78 is 21.9. The fourth-order valence-corrected chi connectivity index (χ4v) is 6.72. The summed E-state index contributed by atoms with van der Waals surface area (Å²) in [4.78, 5) is 45.6. The van der Waals surface area contributed by atoms with Crippen molar-refractivity contribution in [3.05, 3.63) is 86.9 Å². The number of carbonyl (C=O) groups is 2. The number of amides is 2. The highest BCUT2D eigenvalue weighted by atomic mass is 35.5. The fourth-order valence-electron chi connectivity index (χ4n) is 6.59. The molecule has 0 unspecified atom stereocenters. The monoisotopic (exact) mass is 621 g/mol. The Bertz CT molecular complexity index is 1590. The molecule has 3 atom stereocenters. The number of ether oxygens (including phenoxy) is 1. The van der Waals surface area contributed by atoms with E-state index in [1.54, 1.807) is 25.2 Å². The largest absolute Gasteiger partial charge is 0.497 e. The van der Waals surface area contributed by atoms with E-state index in [9.17, 15) is 14.4 Å². The molecule has 6 rings (SSSR count). The number of halogens is 2. The number of aryl methyl sites for hydroxylation is 1. The number of hydrogen-bond acceptors (Lipinski definition) is 6. The molecule has 9 nitrogen and oxygen atoms in total. The first-order chi connectivity index (χ1) is 21.2. The number of methoxy groups -OCH3 is 1. The van der Waals surface area contributed by atoms with Gasteiger partial charge in [0.25, 0.3) is 5.56 Å². The van der Waals surface area contributed by atoms with E-state index in [1.807, 2.05) is 39.0 Å². The predicted octanol–water partition coefficient (Wildman–Crippen LogP) is 4.40. The van der Waals surface area contributed by atoms with Crippen molar-refractivity contribution in [2.24, 2.45) is 18.9 Å². The smallest absolute Gasteiger partial charge is 0.266 e. The maximum Gasteiger partial charge on any atom is 0.266 e. The Hall–Kier alpha value is -3.92. The van der Waals surface area contributed by atoms with Gasteiger partial charge in [-0.3, -0.25) is 14.4 Å². The minimum Gasteiger partial charge on any atom is -0.497 e. The lowest BCUT2D eigenvalue weighted by Crippen LogP contribution is -2.48. The van der Waals surface area contributed by atoms with Gasteiger partial charge in [-0.2, -0.15) is 5.10 Å². The van der Waals surface area contributed by atoms with Crippen molar-refractivity contribution in [2.75, 3.05) is 44.7 Å². The molecular formula is C33H37ClFN5O4. The van der Waals surface area contributed by atoms with Gasteiger partial charge in [0, 0.05) is 68.8 Å². The first-order valence-corrected chi connectivity index (χ1v) is 15.6. The summed E-state index contributed by atoms with van der Waals surface area (Å²) in [6, 6.07) is 15.4. The zero-order chi connectivity index (χ0) is 31.0. The summed E-state index contributed by atoms with van der Waals surface area (Å²) in [5.74, 6) is -0.328. The molecule has 1 aromatic heterocycles. The summed E-state index contributed by atoms with van der Waals surface area (Å²) in [5.41, 5.74) is 1.26. The highest BCUT2D eigenvalue weighted by Crippen LogP contribution is 2.39. The van der Waals surface area contributed by atoms with Crippen LogP contribution in [0.4, 0.5) is 10.2 Å². The van der Waals surface area contributed by atoms with Crippen LogP contribution in [-0.4, -0.2) is 71.2 Å². The summed E-state index contributed by atoms with van der Waals surface area (Å²) in [7, 11) is 3.07. The van der Waals surface area contributed by atoms with Crippen molar-refractivity contribution in [3.8, 4) is 5.75 Å². The Morgan fingerprint density at radius 3 is 2.41 bits per heavy atom. The molecule has 2 aromatic carbocycles. The number of rotatable bonds is 6. The van der Waals surface area contributed by atoms with E-state index in [2.05, 4.69) is 5.10 Å². The van der Waals surface area contributed by atoms with Gasteiger partial charge in [0.1, 0.15) is 17.4 Å². The molecule has 2 saturated heterocycles. The van der Waals surface area contributed by atoms with Gasteiger partial charge in [-0.25, -0.2) is 9.07 Å². The van der Waals surface area contributed by atoms with Gasteiger partial charge in [-0.05, 0) is 61.1 Å². The van der Waals surface area contributed by atoms with Gasteiger partial charge < -0.3 is 19.4 Å². The van der Waals surface area contributed by atoms with Gasteiger partial charge in [0.05, 0.1) is 19.1 Å². The number of hydrogen-bond donors (Lipinski definition) is 0. The van der Waals surface area contributed by atoms with Crippen LogP contribution in [-0.2, 0) is 16.6 Å². The molecular weight excluding hydrogens is 585 g/mol. The Balaban J connectivity index is 1.27. The summed E-state index contributed by atoms with van der Waals surface area (Å²) in [6.07, 6.45) is 3.24. The zero-order valence-corrected chi connectivity index (χ0v) is 25.8. The quantitative estimate of drug-likeness (QED) is 0.405. The molecule has 1 aliphatic carbocycles. The van der Waals surface area contributed by atoms with Crippen LogP contribution in [0, 0.1) is 17.7 Å². The lowest BCUT2D eigenvalue weighted by molar-refractivity contribution is -0.141. The molecule has 0 N–H and O–H groups in total. The fraction of sp³-hybridized carbons (Fsp3) is 0.455. The Labute approximate surface area is 261 Å². The molecule has 3 aliphatic rings. The molecule has 0 bridgehead atoms. The van der Waals surface area contributed by atoms with E-state index in [1.165, 1.54) is 23.9 Å². The van der Waals surface area contributed by atoms with E-state index in [0.717, 1.165) is 24.8 Å². The number of anilines is 1. The Morgan fingerprint density at radius 2 is 1.73 bits per heavy atom. The second kappa shape index (κ2) is 12.6. The van der Waals surface area contributed by atoms with Crippen molar-refractivity contribution < 1.29 is 18.7 Å². The molecule has 3 aromatic rings. The van der Waals surface area contributed by atoms with Crippen molar-refractivity contribution >= 4 is 29.2 Å². The minimum absolute atomic E-state index is 0.0496. The number of carbonyl (C=O) groups excluding carboxylic acids is 2. The minimum atomic E-state index is -0.545. The van der Waals surface area contributed by atoms with Crippen LogP contribution in [0.3, 0.4) is 0 Å². The van der Waals surface area contributed by atoms with Crippen LogP contribution in [0.25, 0.3) is 0 Å². The van der Waals surface area contributed by atoms with E-state index < -0.39 is 17.7 Å². The Kier molecular flexibility index (Phi) is 8.62. The summed E-state index contributed by atoms with van der Waals surface area (Å²) >= 11 is 6.15. The third-order valence-electron chi connectivity index (χ3n) is 9.18. The maximum atomic E-state index is 15.4. The van der Waals surface area contributed by atoms with Crippen molar-refractivity contribution in [1.29, 1.82) is 0 Å². The summed E-state index contributed by atoms with van der Waals surface area (Å²) in [6.45, 7) is 2.06. The highest BCUT2D eigenvalue weighted by Gasteiger charge is 2.43. The second-order valence-electron chi connectivity index (χ2n) is 12.0. The predicted molar refractivity (Wildman–Crippen MR) is 165 cm³/mol. The average molecular weight is 622 g/mol. The van der Waals surface area contributed by atoms with E-state index in [-0.39, 0.29) is 29.3 Å². The van der Waals surface area contributed by atoms with Crippen LogP contribution in [0.1, 0.15) is 48.8 Å². The van der Waals surface area contributed by atoms with Gasteiger partial charge in [-0.1, -0.05) is 29.8 Å². The lowest BCUT2D eigenvalue weighted by Gasteiger charge is -2.38. The molecule has 232 valence electrons. The van der Waals surface area contributed by atoms with Crippen LogP contribution in [0.5, 0.6) is 5.75 Å². The van der Waals surface area contributed by atoms with Crippen molar-refractivity contribution in [3.63, 3.8) is 0 Å². The van der Waals surface area contributed by atoms with Gasteiger partial charge in [-0.15, -0.1) is 0 Å². The number of benzene rings is 2. The molecule has 2 aliphatic heterocycles. The molecule has 3 fully saturated rings. The van der Waals surface area contributed by atoms with E-state index in [0.29, 0.717) is 61.3 Å². The normalized spacial score (nSPS) is 22.5. The molecule has 44 heavy (non-hydrogen) atoms. The zero-order valence-electron chi connectivity index (χ0n) is 25.0. The standard InChI is InChI=1S/C33H37ClFN5O4/c1-37-31(41)14-13-30(36-37)39-19-26(25-12-11-24(44-2)18-28(25)35)27(20-39)33(43)38-15-3-4-29(21-7-9-23(34)10-8-21)40(17-16-38)32(42)22-5-6-22/h7-14,18,22,26-27,29H,3-6,15-17,19-20H2,1-2H3/t26-,27+,29-/m0/s1. The summed E-state index contributed by atoms with van der Waals surface area (Å²) in [5, 5.41) is 5.05. The third kappa shape index (κ3) is 6.18. The Morgan fingerprint density at radius 1 is 0.955 bits per heavy atom. The topological polar surface area (TPSA) is 88.0 Å². The molecule has 0 radical (unpaired) electrons. The number of nitrogens with zero attached hydrogens (tertiary/aromatic N) is 5. The van der Waals surface area contributed by atoms with Crippen molar-refractivity contribution in [2.45, 2.75) is 37.6 Å². The van der Waals surface area contributed by atoms with Crippen LogP contribution in [0.2, 0.25) is 5.02 Å². The SMILES string of the molecule is COc1ccc([C@@H]2CN(c3ccc(=O)n(C)n3)C[C@H]2C(=O)N2CCC[C@@H](c3ccc(Cl)cc3)N(C(=O)C3CC3)CC2)c(F)c1. The second-order valence-corrected chi connectivity index (χ2v) is 12.4. The van der Waals surface area contributed by atoms with Crippen LogP contribution >= 0.6 is 11.6 Å². The highest BCUT2D eigenvalue weighted by molar-refractivity contribution is 6.30. The molecule has 3 heterocycles. The van der Waals surface area contributed by atoms with Gasteiger partial charge >= 0.3 is 0 Å².